The van der Waals surface area contributed by atoms with Gasteiger partial charge in [-0.3, -0.25) is 0 Å². The third-order valence-corrected chi connectivity index (χ3v) is 11.0. The number of hydrogen-bond acceptors (Lipinski definition) is 1. The van der Waals surface area contributed by atoms with E-state index in [0.29, 0.717) is 0 Å². The quantitative estimate of drug-likeness (QED) is 0.179. The normalized spacial score (nSPS) is 13.0. The second-order valence-corrected chi connectivity index (χ2v) is 14.4. The lowest BCUT2D eigenvalue weighted by molar-refractivity contribution is 0.660. The average molecular weight is 665 g/mol. The largest absolute Gasteiger partial charge is 0.309 e. The maximum atomic E-state index is 5.37. The van der Waals surface area contributed by atoms with E-state index in [1.165, 1.54) is 55.2 Å². The van der Waals surface area contributed by atoms with Crippen LogP contribution < -0.4 is 0 Å². The summed E-state index contributed by atoms with van der Waals surface area (Å²) in [7, 11) is 0. The third-order valence-electron chi connectivity index (χ3n) is 11.0. The molecule has 0 saturated carbocycles. The van der Waals surface area contributed by atoms with Crippen molar-refractivity contribution in [2.24, 2.45) is 0 Å². The van der Waals surface area contributed by atoms with Crippen LogP contribution in [0.4, 0.5) is 0 Å². The molecule has 0 saturated heterocycles. The zero-order valence-corrected chi connectivity index (χ0v) is 29.2. The number of hydrogen-bond donors (Lipinski definition) is 0. The van der Waals surface area contributed by atoms with Crippen LogP contribution in [0.2, 0.25) is 0 Å². The van der Waals surface area contributed by atoms with Crippen LogP contribution >= 0.6 is 0 Å². The molecule has 0 atom stereocenters. The predicted molar refractivity (Wildman–Crippen MR) is 218 cm³/mol. The van der Waals surface area contributed by atoms with Gasteiger partial charge in [0.15, 0.2) is 0 Å². The first-order chi connectivity index (χ1) is 25.5. The molecule has 0 unspecified atom stereocenters. The molecule has 1 aliphatic rings. The number of para-hydroxylation sites is 2. The van der Waals surface area contributed by atoms with Gasteiger partial charge in [0.25, 0.3) is 0 Å². The molecule has 9 aromatic rings. The Labute approximate surface area is 304 Å². The van der Waals surface area contributed by atoms with E-state index in [4.69, 9.17) is 4.98 Å². The maximum absolute atomic E-state index is 5.37. The van der Waals surface area contributed by atoms with Gasteiger partial charge in [0, 0.05) is 33.0 Å². The van der Waals surface area contributed by atoms with Gasteiger partial charge in [-0.25, -0.2) is 4.98 Å². The fourth-order valence-electron chi connectivity index (χ4n) is 8.41. The van der Waals surface area contributed by atoms with E-state index in [1.807, 2.05) is 0 Å². The SMILES string of the molecule is CC1(C)c2ccccc2-c2ccc(-c3ccc4c(c3)c3cccc(-c5cc(-c6ccccc6)cc(-c6ccccc6)n5)c3n4-c3ccccc3)cc21. The first kappa shape index (κ1) is 30.3. The molecule has 0 bridgehead atoms. The second kappa shape index (κ2) is 11.8. The minimum absolute atomic E-state index is 0.0514. The summed E-state index contributed by atoms with van der Waals surface area (Å²) >= 11 is 0. The summed E-state index contributed by atoms with van der Waals surface area (Å²) in [6, 6.07) is 65.9. The molecule has 2 heteroatoms. The Morgan fingerprint density at radius 1 is 0.404 bits per heavy atom. The van der Waals surface area contributed by atoms with Gasteiger partial charge in [-0.15, -0.1) is 0 Å². The molecule has 2 nitrogen and oxygen atoms in total. The van der Waals surface area contributed by atoms with E-state index < -0.39 is 0 Å². The molecule has 0 amide bonds. The van der Waals surface area contributed by atoms with Crippen molar-refractivity contribution >= 4 is 21.8 Å². The minimum Gasteiger partial charge on any atom is -0.309 e. The van der Waals surface area contributed by atoms with Gasteiger partial charge in [0.1, 0.15) is 0 Å². The van der Waals surface area contributed by atoms with E-state index in [1.54, 1.807) is 0 Å². The van der Waals surface area contributed by atoms with Crippen LogP contribution in [0, 0.1) is 0 Å². The van der Waals surface area contributed by atoms with Crippen molar-refractivity contribution in [2.45, 2.75) is 19.3 Å². The van der Waals surface area contributed by atoms with Gasteiger partial charge >= 0.3 is 0 Å². The Morgan fingerprint density at radius 3 is 1.81 bits per heavy atom. The Morgan fingerprint density at radius 2 is 1.02 bits per heavy atom. The second-order valence-electron chi connectivity index (χ2n) is 14.4. The van der Waals surface area contributed by atoms with Crippen LogP contribution in [0.1, 0.15) is 25.0 Å². The van der Waals surface area contributed by atoms with Crippen LogP contribution in [-0.2, 0) is 5.41 Å². The zero-order valence-electron chi connectivity index (χ0n) is 29.2. The van der Waals surface area contributed by atoms with Crippen LogP contribution in [0.3, 0.4) is 0 Å². The number of fused-ring (bicyclic) bond motifs is 6. The zero-order chi connectivity index (χ0) is 34.8. The van der Waals surface area contributed by atoms with E-state index >= 15 is 0 Å². The van der Waals surface area contributed by atoms with Gasteiger partial charge in [-0.1, -0.05) is 153 Å². The molecular formula is C50H36N2. The first-order valence-corrected chi connectivity index (χ1v) is 18.1. The molecular weight excluding hydrogens is 629 g/mol. The van der Waals surface area contributed by atoms with E-state index in [2.05, 4.69) is 200 Å². The average Bonchev–Trinajstić information content (AvgIpc) is 3.66. The number of benzene rings is 7. The molecule has 52 heavy (non-hydrogen) atoms. The van der Waals surface area contributed by atoms with Crippen LogP contribution in [-0.4, -0.2) is 9.55 Å². The minimum atomic E-state index is -0.0514. The van der Waals surface area contributed by atoms with Crippen LogP contribution in [0.25, 0.3) is 83.4 Å². The standard InChI is InChI=1S/C50H36N2/c1-50(2)44-24-13-12-21-39(44)40-27-25-36(30-45(40)50)35-26-28-48-43(29-35)41-22-14-23-42(49(41)52(48)38-19-10-5-11-20-38)47-32-37(33-15-6-3-7-16-33)31-46(51-47)34-17-8-4-9-18-34/h3-32H,1-2H3. The molecule has 2 heterocycles. The summed E-state index contributed by atoms with van der Waals surface area (Å²) in [4.78, 5) is 5.37. The lowest BCUT2D eigenvalue weighted by atomic mass is 9.81. The maximum Gasteiger partial charge on any atom is 0.0737 e. The van der Waals surface area contributed by atoms with Crippen molar-refractivity contribution in [1.82, 2.24) is 9.55 Å². The highest BCUT2D eigenvalue weighted by Crippen LogP contribution is 2.50. The smallest absolute Gasteiger partial charge is 0.0737 e. The molecule has 0 N–H and O–H groups in total. The van der Waals surface area contributed by atoms with Crippen molar-refractivity contribution < 1.29 is 0 Å². The molecule has 0 spiro atoms. The Balaban J connectivity index is 1.21. The van der Waals surface area contributed by atoms with Crippen molar-refractivity contribution in [3.8, 4) is 61.6 Å². The molecule has 10 rings (SSSR count). The van der Waals surface area contributed by atoms with Crippen LogP contribution in [0.5, 0.6) is 0 Å². The van der Waals surface area contributed by atoms with Gasteiger partial charge in [-0.2, -0.15) is 0 Å². The summed E-state index contributed by atoms with van der Waals surface area (Å²) in [5, 5.41) is 2.43. The molecule has 0 aliphatic heterocycles. The first-order valence-electron chi connectivity index (χ1n) is 18.1. The fourth-order valence-corrected chi connectivity index (χ4v) is 8.41. The number of pyridine rings is 1. The Hall–Kier alpha value is -6.51. The number of aromatic nitrogens is 2. The van der Waals surface area contributed by atoms with Crippen molar-refractivity contribution in [3.63, 3.8) is 0 Å². The summed E-state index contributed by atoms with van der Waals surface area (Å²) in [5.74, 6) is 0. The van der Waals surface area contributed by atoms with Crippen molar-refractivity contribution in [2.75, 3.05) is 0 Å². The topological polar surface area (TPSA) is 17.8 Å². The number of nitrogens with zero attached hydrogens (tertiary/aromatic N) is 2. The number of rotatable bonds is 5. The fraction of sp³-hybridized carbons (Fsp3) is 0.0600. The lowest BCUT2D eigenvalue weighted by Gasteiger charge is -2.22. The van der Waals surface area contributed by atoms with E-state index in [0.717, 1.165) is 39.3 Å². The lowest BCUT2D eigenvalue weighted by Crippen LogP contribution is -2.14. The molecule has 0 fully saturated rings. The summed E-state index contributed by atoms with van der Waals surface area (Å²) in [5.41, 5.74) is 17.8. The molecule has 1 aliphatic carbocycles. The van der Waals surface area contributed by atoms with Gasteiger partial charge in [0.2, 0.25) is 0 Å². The highest BCUT2D eigenvalue weighted by Gasteiger charge is 2.35. The van der Waals surface area contributed by atoms with E-state index in [9.17, 15) is 0 Å². The molecule has 0 radical (unpaired) electrons. The Kier molecular flexibility index (Phi) is 6.87. The molecule has 2 aromatic heterocycles. The van der Waals surface area contributed by atoms with Gasteiger partial charge in [-0.05, 0) is 87.0 Å². The van der Waals surface area contributed by atoms with Crippen molar-refractivity contribution in [3.05, 3.63) is 193 Å². The highest BCUT2D eigenvalue weighted by molar-refractivity contribution is 6.14. The molecule has 7 aromatic carbocycles. The van der Waals surface area contributed by atoms with E-state index in [-0.39, 0.29) is 5.41 Å². The summed E-state index contributed by atoms with van der Waals surface area (Å²) < 4.78 is 2.42. The van der Waals surface area contributed by atoms with Gasteiger partial charge in [0.05, 0.1) is 22.4 Å². The Bertz CT molecular complexity index is 2730. The third kappa shape index (κ3) is 4.76. The monoisotopic (exact) mass is 664 g/mol. The van der Waals surface area contributed by atoms with Crippen LogP contribution in [0.15, 0.2) is 182 Å². The summed E-state index contributed by atoms with van der Waals surface area (Å²) in [6.45, 7) is 4.70. The molecule has 246 valence electrons. The summed E-state index contributed by atoms with van der Waals surface area (Å²) in [6.07, 6.45) is 0. The van der Waals surface area contributed by atoms with Gasteiger partial charge < -0.3 is 4.57 Å². The highest BCUT2D eigenvalue weighted by atomic mass is 15.0. The predicted octanol–water partition coefficient (Wildman–Crippen LogP) is 13.2. The van der Waals surface area contributed by atoms with Crippen molar-refractivity contribution in [1.29, 1.82) is 0 Å².